The number of fused-ring (bicyclic) bond motifs is 1. The topological polar surface area (TPSA) is 70.6 Å². The molecule has 1 aromatic heterocycles. The van der Waals surface area contributed by atoms with Crippen LogP contribution in [0.4, 0.5) is 0 Å². The van der Waals surface area contributed by atoms with Crippen molar-refractivity contribution in [3.63, 3.8) is 0 Å². The van der Waals surface area contributed by atoms with Gasteiger partial charge in [-0.25, -0.2) is 8.42 Å². The Balaban J connectivity index is 1.49. The minimum Gasteiger partial charge on any atom is -0.343 e. The van der Waals surface area contributed by atoms with E-state index in [0.717, 1.165) is 31.4 Å². The summed E-state index contributed by atoms with van der Waals surface area (Å²) in [5.74, 6) is 0.992. The summed E-state index contributed by atoms with van der Waals surface area (Å²) >= 11 is 0. The molecule has 1 aromatic rings. The third kappa shape index (κ3) is 3.93. The van der Waals surface area contributed by atoms with Gasteiger partial charge >= 0.3 is 0 Å². The van der Waals surface area contributed by atoms with Crippen LogP contribution in [0, 0.1) is 5.92 Å². The van der Waals surface area contributed by atoms with Gasteiger partial charge in [-0.15, -0.1) is 0 Å². The Morgan fingerprint density at radius 1 is 1.15 bits per heavy atom. The molecule has 2 saturated heterocycles. The number of nitrogens with zero attached hydrogens (tertiary/aromatic N) is 3. The van der Waals surface area contributed by atoms with E-state index in [1.807, 2.05) is 23.2 Å². The summed E-state index contributed by atoms with van der Waals surface area (Å²) in [6, 6.07) is 3.94. The van der Waals surface area contributed by atoms with E-state index in [1.165, 1.54) is 0 Å². The van der Waals surface area contributed by atoms with E-state index in [2.05, 4.69) is 9.88 Å². The molecule has 2 atom stereocenters. The van der Waals surface area contributed by atoms with Gasteiger partial charge in [-0.2, -0.15) is 0 Å². The first-order valence-electron chi connectivity index (χ1n) is 9.65. The van der Waals surface area contributed by atoms with Gasteiger partial charge < -0.3 is 4.90 Å². The summed E-state index contributed by atoms with van der Waals surface area (Å²) in [7, 11) is -3.09. The van der Waals surface area contributed by atoms with Crippen LogP contribution in [0.1, 0.15) is 37.7 Å². The number of carbonyl (C=O) groups excluding carboxylic acids is 1. The minimum atomic E-state index is -3.09. The number of sulfone groups is 1. The smallest absolute Gasteiger partial charge is 0.222 e. The van der Waals surface area contributed by atoms with Gasteiger partial charge in [-0.1, -0.05) is 6.07 Å². The second-order valence-electron chi connectivity index (χ2n) is 7.91. The van der Waals surface area contributed by atoms with E-state index in [0.29, 0.717) is 38.4 Å². The maximum atomic E-state index is 12.7. The van der Waals surface area contributed by atoms with E-state index in [9.17, 15) is 13.2 Å². The van der Waals surface area contributed by atoms with Gasteiger partial charge in [0.1, 0.15) is 0 Å². The molecule has 0 spiro atoms. The quantitative estimate of drug-likeness (QED) is 0.795. The number of carbonyl (C=O) groups is 1. The standard InChI is InChI=1S/C19H27N3O3S/c23-19(12-15-3-4-15)21-8-5-17-18(6-9-21)26(24,25)11-10-22(17)14-16-2-1-7-20-13-16/h1-2,7,13,15,17-18H,3-6,8-12,14H2/t17-,18+/m1/s1. The average Bonchev–Trinajstić information content (AvgIpc) is 3.44. The van der Waals surface area contributed by atoms with Crippen molar-refractivity contribution in [2.45, 2.75) is 49.9 Å². The molecule has 3 fully saturated rings. The van der Waals surface area contributed by atoms with Crippen molar-refractivity contribution in [3.05, 3.63) is 30.1 Å². The Labute approximate surface area is 155 Å². The molecule has 3 aliphatic rings. The third-order valence-electron chi connectivity index (χ3n) is 6.02. The van der Waals surface area contributed by atoms with Crippen LogP contribution >= 0.6 is 0 Å². The summed E-state index contributed by atoms with van der Waals surface area (Å²) in [6.07, 6.45) is 7.87. The molecule has 3 heterocycles. The van der Waals surface area contributed by atoms with Crippen LogP contribution in [0.5, 0.6) is 0 Å². The van der Waals surface area contributed by atoms with Crippen molar-refractivity contribution < 1.29 is 13.2 Å². The normalized spacial score (nSPS) is 29.0. The fourth-order valence-electron chi connectivity index (χ4n) is 4.33. The Kier molecular flexibility index (Phi) is 5.01. The molecule has 1 saturated carbocycles. The highest BCUT2D eigenvalue weighted by Gasteiger charge is 2.43. The lowest BCUT2D eigenvalue weighted by Crippen LogP contribution is -2.54. The van der Waals surface area contributed by atoms with Crippen molar-refractivity contribution in [1.29, 1.82) is 0 Å². The molecule has 26 heavy (non-hydrogen) atoms. The first-order chi connectivity index (χ1) is 12.5. The van der Waals surface area contributed by atoms with Crippen LogP contribution < -0.4 is 0 Å². The van der Waals surface area contributed by atoms with E-state index in [-0.39, 0.29) is 23.0 Å². The van der Waals surface area contributed by atoms with Gasteiger partial charge in [0.2, 0.25) is 5.91 Å². The molecule has 0 unspecified atom stereocenters. The highest BCUT2D eigenvalue weighted by atomic mass is 32.2. The molecule has 1 aliphatic carbocycles. The van der Waals surface area contributed by atoms with E-state index >= 15 is 0 Å². The Morgan fingerprint density at radius 3 is 2.69 bits per heavy atom. The molecular formula is C19H27N3O3S. The molecule has 0 aromatic carbocycles. The lowest BCUT2D eigenvalue weighted by Gasteiger charge is -2.40. The van der Waals surface area contributed by atoms with Gasteiger partial charge in [0, 0.05) is 51.0 Å². The third-order valence-corrected chi connectivity index (χ3v) is 8.25. The first-order valence-corrected chi connectivity index (χ1v) is 11.4. The Bertz CT molecular complexity index is 749. The van der Waals surface area contributed by atoms with Crippen molar-refractivity contribution in [2.75, 3.05) is 25.4 Å². The SMILES string of the molecule is O=C(CC1CC1)N1CC[C@@H]2[C@H](CC1)S(=O)(=O)CCN2Cc1cccnc1. The van der Waals surface area contributed by atoms with Crippen molar-refractivity contribution in [1.82, 2.24) is 14.8 Å². The number of rotatable bonds is 4. The minimum absolute atomic E-state index is 0.00678. The first kappa shape index (κ1) is 17.9. The lowest BCUT2D eigenvalue weighted by molar-refractivity contribution is -0.131. The summed E-state index contributed by atoms with van der Waals surface area (Å²) in [5, 5.41) is -0.355. The van der Waals surface area contributed by atoms with Crippen molar-refractivity contribution >= 4 is 15.7 Å². The fraction of sp³-hybridized carbons (Fsp3) is 0.684. The van der Waals surface area contributed by atoms with Gasteiger partial charge in [-0.3, -0.25) is 14.7 Å². The van der Waals surface area contributed by atoms with Crippen LogP contribution in [0.3, 0.4) is 0 Å². The largest absolute Gasteiger partial charge is 0.343 e. The van der Waals surface area contributed by atoms with E-state index in [1.54, 1.807) is 6.20 Å². The maximum Gasteiger partial charge on any atom is 0.222 e. The molecule has 0 bridgehead atoms. The highest BCUT2D eigenvalue weighted by Crippen LogP contribution is 2.34. The van der Waals surface area contributed by atoms with Crippen LogP contribution in [0.15, 0.2) is 24.5 Å². The summed E-state index contributed by atoms with van der Waals surface area (Å²) < 4.78 is 25.4. The van der Waals surface area contributed by atoms with Crippen LogP contribution in [-0.2, 0) is 21.2 Å². The van der Waals surface area contributed by atoms with Crippen LogP contribution in [0.25, 0.3) is 0 Å². The molecule has 6 nitrogen and oxygen atoms in total. The second-order valence-corrected chi connectivity index (χ2v) is 10.2. The molecule has 142 valence electrons. The molecule has 2 aliphatic heterocycles. The summed E-state index contributed by atoms with van der Waals surface area (Å²) in [5.41, 5.74) is 1.11. The summed E-state index contributed by atoms with van der Waals surface area (Å²) in [4.78, 5) is 20.9. The number of hydrogen-bond donors (Lipinski definition) is 0. The Hall–Kier alpha value is -1.47. The average molecular weight is 378 g/mol. The van der Waals surface area contributed by atoms with E-state index in [4.69, 9.17) is 0 Å². The predicted octanol–water partition coefficient (Wildman–Crippen LogP) is 1.47. The molecular weight excluding hydrogens is 350 g/mol. The van der Waals surface area contributed by atoms with E-state index < -0.39 is 9.84 Å². The zero-order chi connectivity index (χ0) is 18.1. The highest BCUT2D eigenvalue weighted by molar-refractivity contribution is 7.92. The molecule has 7 heteroatoms. The number of pyridine rings is 1. The van der Waals surface area contributed by atoms with Crippen LogP contribution in [0.2, 0.25) is 0 Å². The fourth-order valence-corrected chi connectivity index (χ4v) is 6.37. The number of amides is 1. The molecule has 4 rings (SSSR count). The Morgan fingerprint density at radius 2 is 1.96 bits per heavy atom. The van der Waals surface area contributed by atoms with Gasteiger partial charge in [0.05, 0.1) is 11.0 Å². The number of hydrogen-bond acceptors (Lipinski definition) is 5. The van der Waals surface area contributed by atoms with Crippen LogP contribution in [-0.4, -0.2) is 65.8 Å². The second kappa shape index (κ2) is 7.27. The van der Waals surface area contributed by atoms with Gasteiger partial charge in [-0.05, 0) is 43.2 Å². The zero-order valence-corrected chi connectivity index (χ0v) is 15.9. The number of likely N-dealkylation sites (tertiary alicyclic amines) is 1. The number of aromatic nitrogens is 1. The lowest BCUT2D eigenvalue weighted by atomic mass is 10.1. The molecule has 0 radical (unpaired) electrons. The van der Waals surface area contributed by atoms with Gasteiger partial charge in [0.15, 0.2) is 9.84 Å². The van der Waals surface area contributed by atoms with Gasteiger partial charge in [0.25, 0.3) is 0 Å². The molecule has 0 N–H and O–H groups in total. The predicted molar refractivity (Wildman–Crippen MR) is 99.2 cm³/mol. The molecule has 1 amide bonds. The monoisotopic (exact) mass is 377 g/mol. The van der Waals surface area contributed by atoms with Crippen molar-refractivity contribution in [2.24, 2.45) is 5.92 Å². The zero-order valence-electron chi connectivity index (χ0n) is 15.1. The van der Waals surface area contributed by atoms with Crippen molar-refractivity contribution in [3.8, 4) is 0 Å². The maximum absolute atomic E-state index is 12.7. The summed E-state index contributed by atoms with van der Waals surface area (Å²) in [6.45, 7) is 2.54.